The van der Waals surface area contributed by atoms with Crippen LogP contribution in [0.4, 0.5) is 4.39 Å². The molecule has 0 unspecified atom stereocenters. The van der Waals surface area contributed by atoms with Crippen LogP contribution in [0.1, 0.15) is 18.4 Å². The van der Waals surface area contributed by atoms with Crippen molar-refractivity contribution in [3.63, 3.8) is 0 Å². The fourth-order valence-corrected chi connectivity index (χ4v) is 2.17. The van der Waals surface area contributed by atoms with Crippen molar-refractivity contribution in [2.24, 2.45) is 0 Å². The zero-order valence-corrected chi connectivity index (χ0v) is 14.3. The van der Waals surface area contributed by atoms with Crippen molar-refractivity contribution in [2.75, 3.05) is 20.8 Å². The molecule has 6 heteroatoms. The highest BCUT2D eigenvalue weighted by atomic mass is 19.1. The number of carbonyl (C=O) groups is 1. The summed E-state index contributed by atoms with van der Waals surface area (Å²) < 4.78 is 34.1. The van der Waals surface area contributed by atoms with E-state index in [1.54, 1.807) is 31.4 Å². The molecular weight excluding hydrogens is 327 g/mol. The van der Waals surface area contributed by atoms with Crippen LogP contribution in [0.15, 0.2) is 42.5 Å². The molecule has 0 bridgehead atoms. The summed E-state index contributed by atoms with van der Waals surface area (Å²) in [6.45, 7) is 0.365. The van der Waals surface area contributed by atoms with Gasteiger partial charge in [-0.3, -0.25) is 4.79 Å². The summed E-state index contributed by atoms with van der Waals surface area (Å²) in [5.41, 5.74) is 0.491. The number of carbonyl (C=O) groups excluding carboxylic acids is 1. The Morgan fingerprint density at radius 3 is 2.40 bits per heavy atom. The third-order valence-electron chi connectivity index (χ3n) is 3.48. The predicted octanol–water partition coefficient (Wildman–Crippen LogP) is 3.75. The molecule has 0 radical (unpaired) electrons. The van der Waals surface area contributed by atoms with Gasteiger partial charge < -0.3 is 18.9 Å². The predicted molar refractivity (Wildman–Crippen MR) is 90.5 cm³/mol. The summed E-state index contributed by atoms with van der Waals surface area (Å²) in [4.78, 5) is 11.8. The van der Waals surface area contributed by atoms with Gasteiger partial charge in [-0.25, -0.2) is 4.39 Å². The normalized spacial score (nSPS) is 10.2. The molecule has 5 nitrogen and oxygen atoms in total. The number of ether oxygens (including phenoxy) is 4. The molecule has 134 valence electrons. The van der Waals surface area contributed by atoms with E-state index in [1.807, 2.05) is 0 Å². The molecule has 0 aliphatic rings. The van der Waals surface area contributed by atoms with Gasteiger partial charge in [0.25, 0.3) is 0 Å². The minimum Gasteiger partial charge on any atom is -0.497 e. The molecule has 0 heterocycles. The summed E-state index contributed by atoms with van der Waals surface area (Å²) in [5.74, 6) is 1.17. The Morgan fingerprint density at radius 1 is 1.00 bits per heavy atom. The number of esters is 1. The highest BCUT2D eigenvalue weighted by Gasteiger charge is 2.09. The highest BCUT2D eigenvalue weighted by Crippen LogP contribution is 2.20. The topological polar surface area (TPSA) is 54.0 Å². The van der Waals surface area contributed by atoms with Gasteiger partial charge in [-0.05, 0) is 48.9 Å². The van der Waals surface area contributed by atoms with Gasteiger partial charge in [0.1, 0.15) is 29.7 Å². The average Bonchev–Trinajstić information content (AvgIpc) is 2.64. The van der Waals surface area contributed by atoms with Gasteiger partial charge in [0.15, 0.2) is 0 Å². The van der Waals surface area contributed by atoms with Gasteiger partial charge in [0, 0.05) is 12.0 Å². The second-order valence-electron chi connectivity index (χ2n) is 5.24. The minimum absolute atomic E-state index is 0.0287. The molecular formula is C19H21FO5. The number of hydrogen-bond donors (Lipinski definition) is 0. The number of halogens is 1. The largest absolute Gasteiger partial charge is 0.497 e. The summed E-state index contributed by atoms with van der Waals surface area (Å²) >= 11 is 0. The fraction of sp³-hybridized carbons (Fsp3) is 0.316. The first-order valence-electron chi connectivity index (χ1n) is 7.87. The summed E-state index contributed by atoms with van der Waals surface area (Å²) in [6, 6.07) is 11.3. The van der Waals surface area contributed by atoms with E-state index in [0.717, 1.165) is 5.75 Å². The lowest BCUT2D eigenvalue weighted by molar-refractivity contribution is -0.145. The van der Waals surface area contributed by atoms with Gasteiger partial charge in [-0.2, -0.15) is 0 Å². The van der Waals surface area contributed by atoms with E-state index < -0.39 is 5.82 Å². The fourth-order valence-electron chi connectivity index (χ4n) is 2.17. The summed E-state index contributed by atoms with van der Waals surface area (Å²) in [5, 5.41) is 0. The van der Waals surface area contributed by atoms with Gasteiger partial charge in [-0.1, -0.05) is 0 Å². The molecule has 25 heavy (non-hydrogen) atoms. The van der Waals surface area contributed by atoms with E-state index in [9.17, 15) is 9.18 Å². The Labute approximate surface area is 146 Å². The third kappa shape index (κ3) is 5.99. The van der Waals surface area contributed by atoms with E-state index in [4.69, 9.17) is 18.9 Å². The van der Waals surface area contributed by atoms with Gasteiger partial charge in [0.05, 0.1) is 20.8 Å². The van der Waals surface area contributed by atoms with Crippen molar-refractivity contribution in [1.82, 2.24) is 0 Å². The SMILES string of the molecule is COc1ccc(OCCCC(=O)OCc2cc(F)ccc2OC)cc1. The number of methoxy groups -OCH3 is 2. The van der Waals surface area contributed by atoms with E-state index in [0.29, 0.717) is 30.1 Å². The number of hydrogen-bond acceptors (Lipinski definition) is 5. The van der Waals surface area contributed by atoms with Gasteiger partial charge in [-0.15, -0.1) is 0 Å². The highest BCUT2D eigenvalue weighted by molar-refractivity contribution is 5.69. The van der Waals surface area contributed by atoms with Crippen LogP contribution in [0.3, 0.4) is 0 Å². The van der Waals surface area contributed by atoms with Crippen molar-refractivity contribution in [2.45, 2.75) is 19.4 Å². The van der Waals surface area contributed by atoms with Gasteiger partial charge >= 0.3 is 5.97 Å². The smallest absolute Gasteiger partial charge is 0.306 e. The number of rotatable bonds is 9. The monoisotopic (exact) mass is 348 g/mol. The van der Waals surface area contributed by atoms with Gasteiger partial charge in [0.2, 0.25) is 0 Å². The molecule has 0 atom stereocenters. The van der Waals surface area contributed by atoms with E-state index in [2.05, 4.69) is 0 Å². The third-order valence-corrected chi connectivity index (χ3v) is 3.48. The molecule has 0 aliphatic heterocycles. The zero-order valence-electron chi connectivity index (χ0n) is 14.3. The Balaban J connectivity index is 1.69. The molecule has 0 aromatic heterocycles. The van der Waals surface area contributed by atoms with Crippen LogP contribution >= 0.6 is 0 Å². The molecule has 2 aromatic carbocycles. The standard InChI is InChI=1S/C19H21FO5/c1-22-16-6-8-17(9-7-16)24-11-3-4-19(21)25-13-14-12-15(20)5-10-18(14)23-2/h5-10,12H,3-4,11,13H2,1-2H3. The first-order chi connectivity index (χ1) is 12.1. The van der Waals surface area contributed by atoms with Crippen molar-refractivity contribution < 1.29 is 28.1 Å². The Morgan fingerprint density at radius 2 is 1.72 bits per heavy atom. The molecule has 2 rings (SSSR count). The summed E-state index contributed by atoms with van der Waals surface area (Å²) in [6.07, 6.45) is 0.735. The van der Waals surface area contributed by atoms with Crippen LogP contribution in [0, 0.1) is 5.82 Å². The maximum absolute atomic E-state index is 13.2. The molecule has 0 aliphatic carbocycles. The Hall–Kier alpha value is -2.76. The molecule has 0 saturated heterocycles. The van der Waals surface area contributed by atoms with Crippen molar-refractivity contribution in [3.05, 3.63) is 53.8 Å². The second kappa shape index (κ2) is 9.52. The molecule has 0 fully saturated rings. The molecule has 0 N–H and O–H groups in total. The zero-order chi connectivity index (χ0) is 18.1. The molecule has 2 aromatic rings. The maximum Gasteiger partial charge on any atom is 0.306 e. The van der Waals surface area contributed by atoms with E-state index in [-0.39, 0.29) is 19.0 Å². The maximum atomic E-state index is 13.2. The van der Waals surface area contributed by atoms with E-state index >= 15 is 0 Å². The average molecular weight is 348 g/mol. The first kappa shape index (κ1) is 18.6. The van der Waals surface area contributed by atoms with E-state index in [1.165, 1.54) is 25.3 Å². The van der Waals surface area contributed by atoms with Crippen molar-refractivity contribution in [3.8, 4) is 17.2 Å². The summed E-state index contributed by atoms with van der Waals surface area (Å²) in [7, 11) is 3.08. The molecule has 0 saturated carbocycles. The van der Waals surface area contributed by atoms with Crippen LogP contribution in [0.5, 0.6) is 17.2 Å². The number of benzene rings is 2. The van der Waals surface area contributed by atoms with Crippen LogP contribution in [-0.4, -0.2) is 26.8 Å². The molecule has 0 spiro atoms. The van der Waals surface area contributed by atoms with Crippen molar-refractivity contribution >= 4 is 5.97 Å². The van der Waals surface area contributed by atoms with Crippen LogP contribution in [-0.2, 0) is 16.1 Å². The quantitative estimate of drug-likeness (QED) is 0.510. The Bertz CT molecular complexity index is 685. The van der Waals surface area contributed by atoms with Crippen LogP contribution in [0.2, 0.25) is 0 Å². The lowest BCUT2D eigenvalue weighted by atomic mass is 10.2. The lowest BCUT2D eigenvalue weighted by Crippen LogP contribution is -2.08. The Kier molecular flexibility index (Phi) is 7.07. The lowest BCUT2D eigenvalue weighted by Gasteiger charge is -2.10. The molecule has 0 amide bonds. The minimum atomic E-state index is -0.403. The van der Waals surface area contributed by atoms with Crippen LogP contribution < -0.4 is 14.2 Å². The first-order valence-corrected chi connectivity index (χ1v) is 7.87. The van der Waals surface area contributed by atoms with Crippen LogP contribution in [0.25, 0.3) is 0 Å². The van der Waals surface area contributed by atoms with Crippen molar-refractivity contribution in [1.29, 1.82) is 0 Å². The second-order valence-corrected chi connectivity index (χ2v) is 5.24.